The topological polar surface area (TPSA) is 91.4 Å². The average Bonchev–Trinajstić information content (AvgIpc) is 2.38. The molecular formula is C14H22BrNO7. The third-order valence-electron chi connectivity index (χ3n) is 3.25. The second-order valence-electron chi connectivity index (χ2n) is 5.43. The van der Waals surface area contributed by atoms with E-state index in [0.717, 1.165) is 0 Å². The summed E-state index contributed by atoms with van der Waals surface area (Å²) in [5.74, 6) is -1.54. The smallest absolute Gasteiger partial charge is 0.303 e. The third kappa shape index (κ3) is 5.74. The molecule has 0 aromatic carbocycles. The minimum atomic E-state index is -0.892. The Morgan fingerprint density at radius 3 is 1.96 bits per heavy atom. The summed E-state index contributed by atoms with van der Waals surface area (Å²) in [4.78, 5) is 35.7. The van der Waals surface area contributed by atoms with Gasteiger partial charge >= 0.3 is 17.9 Å². The molecule has 1 rings (SSSR count). The average molecular weight is 396 g/mol. The van der Waals surface area contributed by atoms with Crippen molar-refractivity contribution in [2.45, 2.75) is 50.1 Å². The molecule has 0 amide bonds. The number of rotatable bonds is 5. The summed E-state index contributed by atoms with van der Waals surface area (Å²) in [6.07, 6.45) is -2.42. The van der Waals surface area contributed by atoms with Crippen LogP contribution in [0.3, 0.4) is 0 Å². The highest BCUT2D eigenvalue weighted by Gasteiger charge is 2.50. The number of ether oxygens (including phenoxy) is 4. The number of esters is 3. The molecule has 1 aliphatic heterocycles. The van der Waals surface area contributed by atoms with Gasteiger partial charge in [-0.15, -0.1) is 0 Å². The van der Waals surface area contributed by atoms with Crippen molar-refractivity contribution in [3.8, 4) is 0 Å². The van der Waals surface area contributed by atoms with Gasteiger partial charge in [-0.1, -0.05) is 15.9 Å². The first-order valence-electron chi connectivity index (χ1n) is 7.07. The van der Waals surface area contributed by atoms with Crippen molar-refractivity contribution >= 4 is 33.8 Å². The molecule has 0 bridgehead atoms. The molecule has 1 saturated heterocycles. The molecule has 0 aromatic rings. The largest absolute Gasteiger partial charge is 0.463 e. The van der Waals surface area contributed by atoms with E-state index in [1.54, 1.807) is 19.0 Å². The molecule has 0 saturated carbocycles. The molecule has 8 nitrogen and oxygen atoms in total. The Balaban J connectivity index is 3.09. The summed E-state index contributed by atoms with van der Waals surface area (Å²) < 4.78 is 21.4. The number of hydrogen-bond acceptors (Lipinski definition) is 8. The fourth-order valence-corrected chi connectivity index (χ4v) is 3.46. The van der Waals surface area contributed by atoms with E-state index < -0.39 is 47.3 Å². The van der Waals surface area contributed by atoms with Gasteiger partial charge in [0.25, 0.3) is 0 Å². The van der Waals surface area contributed by atoms with Crippen molar-refractivity contribution < 1.29 is 33.3 Å². The van der Waals surface area contributed by atoms with Gasteiger partial charge in [0.1, 0.15) is 17.7 Å². The Morgan fingerprint density at radius 1 is 1.00 bits per heavy atom. The standard InChI is InChI=1S/C14H22BrNO7/c1-7(17)20-6-10-12(21-8(2)18)13(22-9(3)19)11(16(4)5)14(15)23-10/h10-14H,6H2,1-5H3/t10-,11+,12-,13-,14+/m1/s1. The van der Waals surface area contributed by atoms with Crippen LogP contribution in [-0.2, 0) is 33.3 Å². The molecule has 9 heteroatoms. The van der Waals surface area contributed by atoms with E-state index >= 15 is 0 Å². The van der Waals surface area contributed by atoms with E-state index in [1.807, 2.05) is 0 Å². The van der Waals surface area contributed by atoms with E-state index in [1.165, 1.54) is 20.8 Å². The van der Waals surface area contributed by atoms with Crippen LogP contribution >= 0.6 is 15.9 Å². The van der Waals surface area contributed by atoms with Crippen molar-refractivity contribution in [2.75, 3.05) is 20.7 Å². The highest BCUT2D eigenvalue weighted by molar-refractivity contribution is 9.09. The van der Waals surface area contributed by atoms with Crippen LogP contribution in [0.4, 0.5) is 0 Å². The summed E-state index contributed by atoms with van der Waals surface area (Å²) in [7, 11) is 3.58. The molecule has 0 radical (unpaired) electrons. The van der Waals surface area contributed by atoms with Crippen LogP contribution in [-0.4, -0.2) is 72.9 Å². The van der Waals surface area contributed by atoms with Gasteiger partial charge in [-0.05, 0) is 14.1 Å². The van der Waals surface area contributed by atoms with E-state index in [0.29, 0.717) is 0 Å². The Bertz CT molecular complexity index is 456. The predicted octanol–water partition coefficient (Wildman–Crippen LogP) is 0.463. The van der Waals surface area contributed by atoms with Crippen molar-refractivity contribution in [2.24, 2.45) is 0 Å². The molecule has 1 fully saturated rings. The van der Waals surface area contributed by atoms with Crippen molar-refractivity contribution in [1.29, 1.82) is 0 Å². The van der Waals surface area contributed by atoms with Crippen LogP contribution in [0.2, 0.25) is 0 Å². The molecule has 0 spiro atoms. The Hall–Kier alpha value is -1.19. The summed E-state index contributed by atoms with van der Waals surface area (Å²) in [6.45, 7) is 3.67. The summed E-state index contributed by atoms with van der Waals surface area (Å²) >= 11 is 3.39. The van der Waals surface area contributed by atoms with Gasteiger partial charge in [-0.3, -0.25) is 19.3 Å². The number of hydrogen-bond donors (Lipinski definition) is 0. The first kappa shape index (κ1) is 19.9. The number of halogens is 1. The van der Waals surface area contributed by atoms with Gasteiger partial charge in [-0.25, -0.2) is 0 Å². The van der Waals surface area contributed by atoms with Crippen LogP contribution in [0.5, 0.6) is 0 Å². The third-order valence-corrected chi connectivity index (χ3v) is 4.01. The lowest BCUT2D eigenvalue weighted by atomic mass is 9.97. The van der Waals surface area contributed by atoms with Crippen molar-refractivity contribution in [3.63, 3.8) is 0 Å². The molecule has 0 unspecified atom stereocenters. The maximum atomic E-state index is 11.5. The van der Waals surface area contributed by atoms with E-state index in [-0.39, 0.29) is 6.61 Å². The van der Waals surface area contributed by atoms with Crippen LogP contribution in [0.25, 0.3) is 0 Å². The highest BCUT2D eigenvalue weighted by Crippen LogP contribution is 2.31. The second-order valence-corrected chi connectivity index (χ2v) is 6.33. The lowest BCUT2D eigenvalue weighted by Crippen LogP contribution is -2.63. The van der Waals surface area contributed by atoms with Gasteiger partial charge in [0, 0.05) is 20.8 Å². The van der Waals surface area contributed by atoms with E-state index in [4.69, 9.17) is 18.9 Å². The fraction of sp³-hybridized carbons (Fsp3) is 0.786. The summed E-state index contributed by atoms with van der Waals surface area (Å²) in [6, 6.07) is -0.392. The van der Waals surface area contributed by atoms with Gasteiger partial charge in [0.05, 0.1) is 6.04 Å². The van der Waals surface area contributed by atoms with Gasteiger partial charge < -0.3 is 18.9 Å². The first-order valence-corrected chi connectivity index (χ1v) is 7.98. The molecule has 132 valence electrons. The number of likely N-dealkylation sites (N-methyl/N-ethyl adjacent to an activating group) is 1. The van der Waals surface area contributed by atoms with Gasteiger partial charge in [0.15, 0.2) is 12.2 Å². The normalized spacial score (nSPS) is 30.7. The van der Waals surface area contributed by atoms with E-state index in [2.05, 4.69) is 15.9 Å². The lowest BCUT2D eigenvalue weighted by molar-refractivity contribution is -0.218. The fourth-order valence-electron chi connectivity index (χ4n) is 2.40. The molecule has 1 heterocycles. The Labute approximate surface area is 143 Å². The first-order chi connectivity index (χ1) is 10.6. The molecule has 0 aliphatic carbocycles. The molecule has 0 aromatic heterocycles. The molecule has 0 N–H and O–H groups in total. The molecule has 23 heavy (non-hydrogen) atoms. The summed E-state index contributed by atoms with van der Waals surface area (Å²) in [5.41, 5.74) is 0. The van der Waals surface area contributed by atoms with Gasteiger partial charge in [0.2, 0.25) is 0 Å². The number of carbonyl (C=O) groups is 3. The predicted molar refractivity (Wildman–Crippen MR) is 82.8 cm³/mol. The number of carbonyl (C=O) groups excluding carboxylic acids is 3. The highest BCUT2D eigenvalue weighted by atomic mass is 79.9. The monoisotopic (exact) mass is 395 g/mol. The second kappa shape index (κ2) is 8.60. The molecule has 5 atom stereocenters. The van der Waals surface area contributed by atoms with Gasteiger partial charge in [-0.2, -0.15) is 0 Å². The zero-order valence-electron chi connectivity index (χ0n) is 13.8. The quantitative estimate of drug-likeness (QED) is 0.376. The number of alkyl halides is 1. The minimum Gasteiger partial charge on any atom is -0.463 e. The molecular weight excluding hydrogens is 374 g/mol. The summed E-state index contributed by atoms with van der Waals surface area (Å²) in [5, 5.41) is -0.505. The Kier molecular flexibility index (Phi) is 7.43. The van der Waals surface area contributed by atoms with Crippen LogP contribution in [0.1, 0.15) is 20.8 Å². The zero-order valence-corrected chi connectivity index (χ0v) is 15.4. The van der Waals surface area contributed by atoms with E-state index in [9.17, 15) is 14.4 Å². The van der Waals surface area contributed by atoms with Crippen LogP contribution in [0, 0.1) is 0 Å². The number of nitrogens with zero attached hydrogens (tertiary/aromatic N) is 1. The zero-order chi connectivity index (χ0) is 17.7. The maximum Gasteiger partial charge on any atom is 0.303 e. The molecule has 1 aliphatic rings. The van der Waals surface area contributed by atoms with Crippen molar-refractivity contribution in [1.82, 2.24) is 4.90 Å². The SMILES string of the molecule is CC(=O)OC[C@H]1O[C@H](Br)[C@@H](N(C)C)[C@@H](OC(C)=O)[C@@H]1OC(C)=O. The Morgan fingerprint density at radius 2 is 1.52 bits per heavy atom. The minimum absolute atomic E-state index is 0.118. The van der Waals surface area contributed by atoms with Crippen LogP contribution in [0.15, 0.2) is 0 Å². The van der Waals surface area contributed by atoms with Crippen LogP contribution < -0.4 is 0 Å². The van der Waals surface area contributed by atoms with Crippen molar-refractivity contribution in [3.05, 3.63) is 0 Å². The maximum absolute atomic E-state index is 11.5. The lowest BCUT2D eigenvalue weighted by Gasteiger charge is -2.45.